The van der Waals surface area contributed by atoms with Crippen LogP contribution >= 0.6 is 11.6 Å². The first kappa shape index (κ1) is 15.3. The van der Waals surface area contributed by atoms with Crippen molar-refractivity contribution in [2.45, 2.75) is 19.8 Å². The molecule has 2 rings (SSSR count). The van der Waals surface area contributed by atoms with Gasteiger partial charge in [0, 0.05) is 43.0 Å². The molecule has 1 heterocycles. The maximum Gasteiger partial charge on any atom is 0.114 e. The maximum atomic E-state index is 6.20. The third kappa shape index (κ3) is 5.08. The van der Waals surface area contributed by atoms with Crippen LogP contribution in [-0.4, -0.2) is 31.7 Å². The summed E-state index contributed by atoms with van der Waals surface area (Å²) >= 11 is 6.20. The summed E-state index contributed by atoms with van der Waals surface area (Å²) in [6.45, 7) is 2.72. The highest BCUT2D eigenvalue weighted by Crippen LogP contribution is 2.24. The molecule has 1 aliphatic heterocycles. The highest BCUT2D eigenvalue weighted by atomic mass is 35.5. The van der Waals surface area contributed by atoms with Crippen LogP contribution < -0.4 is 0 Å². The van der Waals surface area contributed by atoms with E-state index in [1.54, 1.807) is 6.34 Å². The number of allylic oxidation sites excluding steroid dienone is 1. The summed E-state index contributed by atoms with van der Waals surface area (Å²) in [6, 6.07) is 6.00. The molecule has 1 aromatic carbocycles. The molecule has 0 aromatic heterocycles. The van der Waals surface area contributed by atoms with Crippen LogP contribution in [0.15, 0.2) is 44.4 Å². The zero-order chi connectivity index (χ0) is 14.9. The molecule has 0 unspecified atom stereocenters. The topological polar surface area (TPSA) is 49.4 Å². The van der Waals surface area contributed by atoms with Gasteiger partial charge in [-0.15, -0.1) is 0 Å². The van der Waals surface area contributed by atoms with Gasteiger partial charge in [0.15, 0.2) is 0 Å². The van der Waals surface area contributed by atoms with E-state index in [9.17, 15) is 0 Å². The van der Waals surface area contributed by atoms with Crippen molar-refractivity contribution in [3.8, 4) is 0 Å². The minimum Gasteiger partial charge on any atom is -0.274 e. The Labute approximate surface area is 129 Å². The molecule has 0 N–H and O–H groups in total. The Hall–Kier alpha value is -2.07. The molecular weight excluding hydrogens is 284 g/mol. The zero-order valence-corrected chi connectivity index (χ0v) is 12.7. The monoisotopic (exact) mass is 300 g/mol. The first-order valence-corrected chi connectivity index (χ1v) is 7.19. The maximum absolute atomic E-state index is 6.20. The van der Waals surface area contributed by atoms with E-state index in [1.807, 2.05) is 37.7 Å². The molecule has 0 amide bonds. The van der Waals surface area contributed by atoms with E-state index >= 15 is 0 Å². The molecule has 5 heteroatoms. The molecule has 1 aromatic rings. The van der Waals surface area contributed by atoms with E-state index in [0.29, 0.717) is 11.4 Å². The van der Waals surface area contributed by atoms with Crippen molar-refractivity contribution in [3.05, 3.63) is 40.5 Å². The van der Waals surface area contributed by atoms with Gasteiger partial charge in [0.1, 0.15) is 12.7 Å². The van der Waals surface area contributed by atoms with Crippen molar-refractivity contribution in [3.63, 3.8) is 0 Å². The summed E-state index contributed by atoms with van der Waals surface area (Å²) in [5, 5.41) is 0.712. The Kier molecular flexibility index (Phi) is 6.03. The van der Waals surface area contributed by atoms with E-state index in [-0.39, 0.29) is 0 Å². The van der Waals surface area contributed by atoms with Gasteiger partial charge in [0.25, 0.3) is 0 Å². The minimum absolute atomic E-state index is 0.712. The Morgan fingerprint density at radius 2 is 2.19 bits per heavy atom. The summed E-state index contributed by atoms with van der Waals surface area (Å²) in [6.07, 6.45) is 10.1. The quantitative estimate of drug-likeness (QED) is 0.586. The van der Waals surface area contributed by atoms with Gasteiger partial charge in [-0.05, 0) is 35.8 Å². The molecule has 0 radical (unpaired) electrons. The number of hydrogen-bond acceptors (Lipinski definition) is 3. The van der Waals surface area contributed by atoms with Crippen LogP contribution in [0.1, 0.15) is 24.5 Å². The Morgan fingerprint density at radius 3 is 3.05 bits per heavy atom. The average Bonchev–Trinajstić information content (AvgIpc) is 2.75. The summed E-state index contributed by atoms with van der Waals surface area (Å²) in [4.78, 5) is 16.3. The number of nitrogens with zero attached hydrogens (tertiary/aromatic N) is 4. The standard InChI is InChI=1S/C16H17ClN4/c1-2-18-11-19-5-3-13-7-15(9-16(17)8-13)14-4-6-20-12-21-10-14/h5-12H,2-4H2,1H3. The summed E-state index contributed by atoms with van der Waals surface area (Å²) in [7, 11) is 0. The Balaban J connectivity index is 2.15. The van der Waals surface area contributed by atoms with E-state index in [2.05, 4.69) is 26.0 Å². The van der Waals surface area contributed by atoms with Crippen LogP contribution in [-0.2, 0) is 6.42 Å². The zero-order valence-electron chi connectivity index (χ0n) is 11.9. The summed E-state index contributed by atoms with van der Waals surface area (Å²) < 4.78 is 0. The van der Waals surface area contributed by atoms with Gasteiger partial charge >= 0.3 is 0 Å². The fraction of sp³-hybridized carbons (Fsp3) is 0.250. The van der Waals surface area contributed by atoms with Gasteiger partial charge in [0.05, 0.1) is 0 Å². The molecule has 108 valence electrons. The fourth-order valence-corrected chi connectivity index (χ4v) is 2.15. The first-order chi connectivity index (χ1) is 10.3. The van der Waals surface area contributed by atoms with Gasteiger partial charge in [0.2, 0.25) is 0 Å². The predicted octanol–water partition coefficient (Wildman–Crippen LogP) is 3.85. The first-order valence-electron chi connectivity index (χ1n) is 6.81. The number of rotatable bonds is 5. The van der Waals surface area contributed by atoms with Gasteiger partial charge in [-0.25, -0.2) is 15.0 Å². The molecular formula is C16H17ClN4. The van der Waals surface area contributed by atoms with Crippen molar-refractivity contribution in [2.75, 3.05) is 6.54 Å². The lowest BCUT2D eigenvalue weighted by Gasteiger charge is -2.07. The van der Waals surface area contributed by atoms with Crippen LogP contribution in [0.25, 0.3) is 5.57 Å². The average molecular weight is 301 g/mol. The Morgan fingerprint density at radius 1 is 1.29 bits per heavy atom. The molecule has 0 saturated heterocycles. The number of benzene rings is 1. The smallest absolute Gasteiger partial charge is 0.114 e. The third-order valence-electron chi connectivity index (χ3n) is 2.87. The second-order valence-corrected chi connectivity index (χ2v) is 4.89. The summed E-state index contributed by atoms with van der Waals surface area (Å²) in [5.41, 5.74) is 3.27. The highest BCUT2D eigenvalue weighted by Gasteiger charge is 2.05. The van der Waals surface area contributed by atoms with Crippen molar-refractivity contribution in [1.82, 2.24) is 0 Å². The molecule has 0 aliphatic carbocycles. The number of hydrogen-bond donors (Lipinski definition) is 0. The lowest BCUT2D eigenvalue weighted by atomic mass is 10.0. The third-order valence-corrected chi connectivity index (χ3v) is 3.09. The van der Waals surface area contributed by atoms with E-state index < -0.39 is 0 Å². The number of halogens is 1. The molecule has 21 heavy (non-hydrogen) atoms. The minimum atomic E-state index is 0.712. The fourth-order valence-electron chi connectivity index (χ4n) is 1.89. The van der Waals surface area contributed by atoms with Crippen LogP contribution in [0.3, 0.4) is 0 Å². The molecule has 0 bridgehead atoms. The van der Waals surface area contributed by atoms with E-state index in [0.717, 1.165) is 29.7 Å². The van der Waals surface area contributed by atoms with Gasteiger partial charge < -0.3 is 0 Å². The molecule has 0 saturated carbocycles. The highest BCUT2D eigenvalue weighted by molar-refractivity contribution is 6.30. The normalized spacial score (nSPS) is 14.9. The number of aliphatic imine (C=N–C) groups is 4. The molecule has 4 nitrogen and oxygen atoms in total. The van der Waals surface area contributed by atoms with Crippen LogP contribution in [0.4, 0.5) is 0 Å². The Bertz CT molecular complexity index is 627. The van der Waals surface area contributed by atoms with Crippen LogP contribution in [0, 0.1) is 0 Å². The van der Waals surface area contributed by atoms with E-state index in [1.165, 1.54) is 6.34 Å². The molecule has 0 spiro atoms. The van der Waals surface area contributed by atoms with E-state index in [4.69, 9.17) is 11.6 Å². The van der Waals surface area contributed by atoms with Gasteiger partial charge in [-0.1, -0.05) is 17.7 Å². The molecule has 0 atom stereocenters. The SMILES string of the molecule is CCN=CN=CCc1cc(Cl)cc(C2=CN=CN=CC2)c1. The van der Waals surface area contributed by atoms with Crippen molar-refractivity contribution >= 4 is 42.3 Å². The van der Waals surface area contributed by atoms with Crippen molar-refractivity contribution < 1.29 is 0 Å². The van der Waals surface area contributed by atoms with Crippen LogP contribution in [0.2, 0.25) is 5.02 Å². The largest absolute Gasteiger partial charge is 0.274 e. The van der Waals surface area contributed by atoms with Crippen molar-refractivity contribution in [1.29, 1.82) is 0 Å². The molecule has 0 fully saturated rings. The van der Waals surface area contributed by atoms with Crippen molar-refractivity contribution in [2.24, 2.45) is 20.0 Å². The van der Waals surface area contributed by atoms with Gasteiger partial charge in [-0.2, -0.15) is 0 Å². The lowest BCUT2D eigenvalue weighted by Crippen LogP contribution is -1.92. The molecule has 1 aliphatic rings. The second kappa shape index (κ2) is 8.27. The second-order valence-electron chi connectivity index (χ2n) is 4.45. The van der Waals surface area contributed by atoms with Crippen LogP contribution in [0.5, 0.6) is 0 Å². The predicted molar refractivity (Wildman–Crippen MR) is 92.3 cm³/mol. The van der Waals surface area contributed by atoms with Gasteiger partial charge in [-0.3, -0.25) is 4.99 Å². The lowest BCUT2D eigenvalue weighted by molar-refractivity contribution is 1.13. The summed E-state index contributed by atoms with van der Waals surface area (Å²) in [5.74, 6) is 0.